The summed E-state index contributed by atoms with van der Waals surface area (Å²) in [5, 5.41) is 2.80. The highest BCUT2D eigenvalue weighted by atomic mass is 32.2. The molecule has 7 nitrogen and oxygen atoms in total. The van der Waals surface area contributed by atoms with E-state index in [0.717, 1.165) is 17.7 Å². The number of anilines is 1. The molecular weight excluding hydrogens is 354 g/mol. The van der Waals surface area contributed by atoms with Gasteiger partial charge < -0.3 is 10.2 Å². The highest BCUT2D eigenvalue weighted by Crippen LogP contribution is 2.33. The summed E-state index contributed by atoms with van der Waals surface area (Å²) in [7, 11) is -3.70. The van der Waals surface area contributed by atoms with Gasteiger partial charge in [-0.1, -0.05) is 6.92 Å². The van der Waals surface area contributed by atoms with Crippen molar-refractivity contribution in [1.82, 2.24) is 10.0 Å². The molecule has 1 aliphatic heterocycles. The molecule has 26 heavy (non-hydrogen) atoms. The van der Waals surface area contributed by atoms with Crippen LogP contribution >= 0.6 is 0 Å². The first kappa shape index (κ1) is 20.4. The molecular formula is C18H27N3O4S. The zero-order valence-corrected chi connectivity index (χ0v) is 16.5. The van der Waals surface area contributed by atoms with Gasteiger partial charge in [-0.3, -0.25) is 9.59 Å². The number of nitrogens with zero attached hydrogens (tertiary/aromatic N) is 1. The van der Waals surface area contributed by atoms with Crippen molar-refractivity contribution in [2.24, 2.45) is 0 Å². The minimum Gasteiger partial charge on any atom is -0.354 e. The topological polar surface area (TPSA) is 95.6 Å². The fourth-order valence-electron chi connectivity index (χ4n) is 3.09. The van der Waals surface area contributed by atoms with Crippen LogP contribution < -0.4 is 14.9 Å². The maximum Gasteiger partial charge on any atom is 0.240 e. The van der Waals surface area contributed by atoms with Crippen molar-refractivity contribution in [3.63, 3.8) is 0 Å². The molecule has 0 radical (unpaired) electrons. The Morgan fingerprint density at radius 2 is 2.04 bits per heavy atom. The third-order valence-electron chi connectivity index (χ3n) is 4.58. The van der Waals surface area contributed by atoms with Crippen LogP contribution in [0.1, 0.15) is 46.1 Å². The van der Waals surface area contributed by atoms with Crippen molar-refractivity contribution in [2.45, 2.75) is 63.9 Å². The van der Waals surface area contributed by atoms with E-state index in [1.165, 1.54) is 13.0 Å². The summed E-state index contributed by atoms with van der Waals surface area (Å²) in [6.45, 7) is 7.34. The molecule has 1 aliphatic rings. The number of rotatable bonds is 7. The summed E-state index contributed by atoms with van der Waals surface area (Å²) in [6.07, 6.45) is 1.53. The van der Waals surface area contributed by atoms with Gasteiger partial charge in [0.1, 0.15) is 0 Å². The van der Waals surface area contributed by atoms with Crippen LogP contribution in [0.3, 0.4) is 0 Å². The summed E-state index contributed by atoms with van der Waals surface area (Å²) >= 11 is 0. The normalized spacial score (nSPS) is 17.7. The molecule has 1 heterocycles. The minimum absolute atomic E-state index is 0.0117. The molecule has 0 aromatic heterocycles. The monoisotopic (exact) mass is 381 g/mol. The largest absolute Gasteiger partial charge is 0.354 e. The molecule has 0 bridgehead atoms. The third kappa shape index (κ3) is 4.62. The average molecular weight is 381 g/mol. The number of carbonyl (C=O) groups is 2. The van der Waals surface area contributed by atoms with E-state index in [9.17, 15) is 18.0 Å². The van der Waals surface area contributed by atoms with Gasteiger partial charge in [0.2, 0.25) is 21.8 Å². The Morgan fingerprint density at radius 1 is 1.35 bits per heavy atom. The lowest BCUT2D eigenvalue weighted by molar-refractivity contribution is -0.121. The number of benzene rings is 1. The Kier molecular flexibility index (Phi) is 6.41. The molecule has 0 unspecified atom stereocenters. The van der Waals surface area contributed by atoms with Crippen LogP contribution in [0.15, 0.2) is 23.1 Å². The van der Waals surface area contributed by atoms with Gasteiger partial charge in [-0.2, -0.15) is 0 Å². The fraction of sp³-hybridized carbons (Fsp3) is 0.556. The van der Waals surface area contributed by atoms with E-state index in [4.69, 9.17) is 0 Å². The van der Waals surface area contributed by atoms with E-state index < -0.39 is 10.0 Å². The van der Waals surface area contributed by atoms with Gasteiger partial charge in [-0.05, 0) is 50.5 Å². The van der Waals surface area contributed by atoms with E-state index in [-0.39, 0.29) is 41.8 Å². The Labute approximate surface area is 155 Å². The zero-order chi connectivity index (χ0) is 19.5. The van der Waals surface area contributed by atoms with Gasteiger partial charge in [-0.15, -0.1) is 0 Å². The smallest absolute Gasteiger partial charge is 0.240 e. The Morgan fingerprint density at radius 3 is 2.65 bits per heavy atom. The molecule has 2 amide bonds. The molecule has 2 N–H and O–H groups in total. The van der Waals surface area contributed by atoms with Crippen molar-refractivity contribution >= 4 is 27.5 Å². The Balaban J connectivity index is 2.03. The predicted molar refractivity (Wildman–Crippen MR) is 100 cm³/mol. The molecule has 2 atom stereocenters. The number of amides is 2. The summed E-state index contributed by atoms with van der Waals surface area (Å²) in [5.41, 5.74) is 1.60. The number of carbonyl (C=O) groups excluding carboxylic acids is 2. The standard InChI is InChI=1S/C18H27N3O4S/c1-5-12(2)20-18(23)8-9-19-26(24,25)16-6-7-17-15(11-16)10-13(3)21(17)14(4)22/h6-7,11-13,19H,5,8-10H2,1-4H3,(H,20,23)/t12-,13-/m0/s1. The number of fused-ring (bicyclic) bond motifs is 1. The minimum atomic E-state index is -3.70. The van der Waals surface area contributed by atoms with Gasteiger partial charge in [0, 0.05) is 37.7 Å². The van der Waals surface area contributed by atoms with Crippen molar-refractivity contribution in [3.8, 4) is 0 Å². The van der Waals surface area contributed by atoms with E-state index in [2.05, 4.69) is 10.0 Å². The molecule has 1 aromatic rings. The molecule has 2 rings (SSSR count). The lowest BCUT2D eigenvalue weighted by Gasteiger charge is -2.20. The summed E-state index contributed by atoms with van der Waals surface area (Å²) in [6, 6.07) is 4.86. The lowest BCUT2D eigenvalue weighted by Crippen LogP contribution is -2.35. The Bertz CT molecular complexity index is 792. The molecule has 0 aliphatic carbocycles. The maximum absolute atomic E-state index is 12.5. The quantitative estimate of drug-likeness (QED) is 0.749. The summed E-state index contributed by atoms with van der Waals surface area (Å²) < 4.78 is 27.4. The lowest BCUT2D eigenvalue weighted by atomic mass is 10.1. The first-order chi connectivity index (χ1) is 12.2. The van der Waals surface area contributed by atoms with Crippen molar-refractivity contribution in [2.75, 3.05) is 11.4 Å². The van der Waals surface area contributed by atoms with E-state index >= 15 is 0 Å². The Hall–Kier alpha value is -1.93. The van der Waals surface area contributed by atoms with Gasteiger partial charge in [-0.25, -0.2) is 13.1 Å². The number of hydrogen-bond donors (Lipinski definition) is 2. The SMILES string of the molecule is CC[C@H](C)NC(=O)CCNS(=O)(=O)c1ccc2c(c1)C[C@H](C)N2C(C)=O. The fourth-order valence-corrected chi connectivity index (χ4v) is 4.17. The van der Waals surface area contributed by atoms with Crippen LogP contribution in [0.2, 0.25) is 0 Å². The highest BCUT2D eigenvalue weighted by molar-refractivity contribution is 7.89. The molecule has 0 saturated heterocycles. The number of nitrogens with one attached hydrogen (secondary N) is 2. The van der Waals surface area contributed by atoms with Crippen LogP contribution in [-0.4, -0.2) is 38.9 Å². The molecule has 0 saturated carbocycles. The van der Waals surface area contributed by atoms with E-state index in [1.807, 2.05) is 20.8 Å². The molecule has 144 valence electrons. The van der Waals surface area contributed by atoms with Crippen LogP contribution in [0.5, 0.6) is 0 Å². The summed E-state index contributed by atoms with van der Waals surface area (Å²) in [4.78, 5) is 25.3. The van der Waals surface area contributed by atoms with Gasteiger partial charge in [0.15, 0.2) is 0 Å². The van der Waals surface area contributed by atoms with Crippen molar-refractivity contribution in [1.29, 1.82) is 0 Å². The number of hydrogen-bond acceptors (Lipinski definition) is 4. The molecule has 1 aromatic carbocycles. The van der Waals surface area contributed by atoms with E-state index in [0.29, 0.717) is 6.42 Å². The molecule has 8 heteroatoms. The highest BCUT2D eigenvalue weighted by Gasteiger charge is 2.30. The molecule has 0 fully saturated rings. The van der Waals surface area contributed by atoms with Crippen molar-refractivity contribution < 1.29 is 18.0 Å². The summed E-state index contributed by atoms with van der Waals surface area (Å²) in [5.74, 6) is -0.237. The van der Waals surface area contributed by atoms with Gasteiger partial charge >= 0.3 is 0 Å². The van der Waals surface area contributed by atoms with Gasteiger partial charge in [0.25, 0.3) is 0 Å². The second-order valence-electron chi connectivity index (χ2n) is 6.76. The molecule has 0 spiro atoms. The maximum atomic E-state index is 12.5. The first-order valence-electron chi connectivity index (χ1n) is 8.87. The first-order valence-corrected chi connectivity index (χ1v) is 10.4. The van der Waals surface area contributed by atoms with Gasteiger partial charge in [0.05, 0.1) is 4.90 Å². The predicted octanol–water partition coefficient (Wildman–Crippen LogP) is 1.57. The van der Waals surface area contributed by atoms with Crippen LogP contribution in [0.4, 0.5) is 5.69 Å². The zero-order valence-electron chi connectivity index (χ0n) is 15.7. The second kappa shape index (κ2) is 8.18. The van der Waals surface area contributed by atoms with Crippen LogP contribution in [-0.2, 0) is 26.0 Å². The average Bonchev–Trinajstić information content (AvgIpc) is 2.89. The second-order valence-corrected chi connectivity index (χ2v) is 8.52. The van der Waals surface area contributed by atoms with E-state index in [1.54, 1.807) is 17.0 Å². The van der Waals surface area contributed by atoms with Crippen LogP contribution in [0, 0.1) is 0 Å². The van der Waals surface area contributed by atoms with Crippen molar-refractivity contribution in [3.05, 3.63) is 23.8 Å². The number of sulfonamides is 1. The van der Waals surface area contributed by atoms with Crippen LogP contribution in [0.25, 0.3) is 0 Å². The third-order valence-corrected chi connectivity index (χ3v) is 6.04.